The molecule has 6 nitrogen and oxygen atoms in total. The predicted octanol–water partition coefficient (Wildman–Crippen LogP) is 3.27. The van der Waals surface area contributed by atoms with Crippen LogP contribution in [0.15, 0.2) is 53.1 Å². The van der Waals surface area contributed by atoms with Gasteiger partial charge in [-0.05, 0) is 36.4 Å². The molecular weight excluding hydrogens is 363 g/mol. The van der Waals surface area contributed by atoms with Crippen molar-refractivity contribution in [3.05, 3.63) is 83.3 Å². The molecule has 138 valence electrons. The molecule has 0 fully saturated rings. The van der Waals surface area contributed by atoms with Gasteiger partial charge in [0.1, 0.15) is 17.1 Å². The maximum absolute atomic E-state index is 13.7. The van der Waals surface area contributed by atoms with Crippen LogP contribution in [0.5, 0.6) is 0 Å². The fourth-order valence-electron chi connectivity index (χ4n) is 2.17. The molecule has 27 heavy (non-hydrogen) atoms. The standard InChI is InChI=1S/C18H12F3N3O3/c19-11-6-7-12(16(21)15(11)20)24-18(26)14-5-1-4-13(23-14)17(25)22-9-10-3-2-8-27-10/h1-8H,9H2,(H,22,25)(H,24,26). The smallest absolute Gasteiger partial charge is 0.274 e. The third-order valence-electron chi connectivity index (χ3n) is 3.50. The largest absolute Gasteiger partial charge is 0.467 e. The Bertz CT molecular complexity index is 991. The highest BCUT2D eigenvalue weighted by molar-refractivity contribution is 6.03. The molecule has 3 aromatic rings. The lowest BCUT2D eigenvalue weighted by Gasteiger charge is -2.08. The number of amides is 2. The van der Waals surface area contributed by atoms with Crippen LogP contribution in [-0.2, 0) is 6.54 Å². The van der Waals surface area contributed by atoms with E-state index in [0.717, 1.165) is 6.07 Å². The van der Waals surface area contributed by atoms with Gasteiger partial charge in [-0.15, -0.1) is 0 Å². The van der Waals surface area contributed by atoms with Gasteiger partial charge >= 0.3 is 0 Å². The van der Waals surface area contributed by atoms with Gasteiger partial charge in [0, 0.05) is 0 Å². The van der Waals surface area contributed by atoms with E-state index in [4.69, 9.17) is 4.42 Å². The van der Waals surface area contributed by atoms with E-state index in [-0.39, 0.29) is 17.9 Å². The highest BCUT2D eigenvalue weighted by Crippen LogP contribution is 2.20. The van der Waals surface area contributed by atoms with Crippen LogP contribution in [0.3, 0.4) is 0 Å². The van der Waals surface area contributed by atoms with Gasteiger partial charge in [0.25, 0.3) is 11.8 Å². The number of nitrogens with one attached hydrogen (secondary N) is 2. The number of benzene rings is 1. The highest BCUT2D eigenvalue weighted by atomic mass is 19.2. The van der Waals surface area contributed by atoms with Crippen molar-refractivity contribution in [1.82, 2.24) is 10.3 Å². The van der Waals surface area contributed by atoms with E-state index >= 15 is 0 Å². The topological polar surface area (TPSA) is 84.2 Å². The first-order chi connectivity index (χ1) is 13.0. The van der Waals surface area contributed by atoms with Crippen LogP contribution < -0.4 is 10.6 Å². The van der Waals surface area contributed by atoms with Crippen LogP contribution in [0.1, 0.15) is 26.7 Å². The lowest BCUT2D eigenvalue weighted by molar-refractivity contribution is 0.0943. The molecule has 2 N–H and O–H groups in total. The minimum absolute atomic E-state index is 0.0556. The number of rotatable bonds is 5. The van der Waals surface area contributed by atoms with Crippen LogP contribution in [0.2, 0.25) is 0 Å². The van der Waals surface area contributed by atoms with E-state index in [0.29, 0.717) is 11.8 Å². The first-order valence-electron chi connectivity index (χ1n) is 7.68. The first-order valence-corrected chi connectivity index (χ1v) is 7.68. The number of hydrogen-bond donors (Lipinski definition) is 2. The Morgan fingerprint density at radius 2 is 1.67 bits per heavy atom. The Kier molecular flexibility index (Phi) is 5.20. The summed E-state index contributed by atoms with van der Waals surface area (Å²) in [5, 5.41) is 4.65. The summed E-state index contributed by atoms with van der Waals surface area (Å²) in [5.41, 5.74) is -0.807. The Morgan fingerprint density at radius 3 is 2.37 bits per heavy atom. The Labute approximate surface area is 151 Å². The maximum Gasteiger partial charge on any atom is 0.274 e. The van der Waals surface area contributed by atoms with E-state index in [1.807, 2.05) is 0 Å². The first kappa shape index (κ1) is 18.2. The minimum Gasteiger partial charge on any atom is -0.467 e. The Hall–Kier alpha value is -3.62. The summed E-state index contributed by atoms with van der Waals surface area (Å²) in [7, 11) is 0. The van der Waals surface area contributed by atoms with Crippen molar-refractivity contribution in [1.29, 1.82) is 0 Å². The molecule has 0 aliphatic carbocycles. The summed E-state index contributed by atoms with van der Waals surface area (Å²) in [4.78, 5) is 28.2. The zero-order valence-corrected chi connectivity index (χ0v) is 13.6. The van der Waals surface area contributed by atoms with Crippen molar-refractivity contribution in [2.75, 3.05) is 5.32 Å². The van der Waals surface area contributed by atoms with E-state index < -0.39 is 35.0 Å². The van der Waals surface area contributed by atoms with Gasteiger partial charge in [-0.2, -0.15) is 0 Å². The summed E-state index contributed by atoms with van der Waals surface area (Å²) in [6, 6.07) is 8.98. The van der Waals surface area contributed by atoms with Crippen LogP contribution in [0.4, 0.5) is 18.9 Å². The third kappa shape index (κ3) is 4.14. The SMILES string of the molecule is O=C(NCc1ccco1)c1cccc(C(=O)Nc2ccc(F)c(F)c2F)n1. The third-order valence-corrected chi connectivity index (χ3v) is 3.50. The lowest BCUT2D eigenvalue weighted by atomic mass is 10.2. The molecule has 0 aliphatic rings. The average molecular weight is 375 g/mol. The molecular formula is C18H12F3N3O3. The highest BCUT2D eigenvalue weighted by Gasteiger charge is 2.17. The number of furan rings is 1. The van der Waals surface area contributed by atoms with Gasteiger partial charge in [0.15, 0.2) is 17.5 Å². The number of carbonyl (C=O) groups is 2. The summed E-state index contributed by atoms with van der Waals surface area (Å²) in [6.07, 6.45) is 1.46. The van der Waals surface area contributed by atoms with Crippen molar-refractivity contribution < 1.29 is 27.2 Å². The number of aromatic nitrogens is 1. The zero-order valence-electron chi connectivity index (χ0n) is 13.6. The van der Waals surface area contributed by atoms with Gasteiger partial charge in [0.05, 0.1) is 18.5 Å². The predicted molar refractivity (Wildman–Crippen MR) is 88.4 cm³/mol. The van der Waals surface area contributed by atoms with E-state index in [1.165, 1.54) is 24.5 Å². The lowest BCUT2D eigenvalue weighted by Crippen LogP contribution is -2.25. The normalized spacial score (nSPS) is 10.5. The van der Waals surface area contributed by atoms with Crippen molar-refractivity contribution in [3.8, 4) is 0 Å². The molecule has 0 saturated heterocycles. The molecule has 0 radical (unpaired) electrons. The van der Waals surface area contributed by atoms with Gasteiger partial charge in [-0.1, -0.05) is 6.07 Å². The quantitative estimate of drug-likeness (QED) is 0.671. The van der Waals surface area contributed by atoms with Gasteiger partial charge in [-0.3, -0.25) is 9.59 Å². The minimum atomic E-state index is -1.70. The average Bonchev–Trinajstić information content (AvgIpc) is 3.20. The fourth-order valence-corrected chi connectivity index (χ4v) is 2.17. The molecule has 0 bridgehead atoms. The van der Waals surface area contributed by atoms with Gasteiger partial charge < -0.3 is 15.1 Å². The van der Waals surface area contributed by atoms with Crippen LogP contribution in [0, 0.1) is 17.5 Å². The summed E-state index contributed by atoms with van der Waals surface area (Å²) >= 11 is 0. The van der Waals surface area contributed by atoms with Crippen LogP contribution >= 0.6 is 0 Å². The molecule has 0 saturated carbocycles. The monoisotopic (exact) mass is 375 g/mol. The van der Waals surface area contributed by atoms with Gasteiger partial charge in [0.2, 0.25) is 0 Å². The van der Waals surface area contributed by atoms with Crippen LogP contribution in [-0.4, -0.2) is 16.8 Å². The molecule has 0 aliphatic heterocycles. The number of pyridine rings is 1. The zero-order chi connectivity index (χ0) is 19.4. The van der Waals surface area contributed by atoms with Crippen molar-refractivity contribution in [3.63, 3.8) is 0 Å². The van der Waals surface area contributed by atoms with Crippen molar-refractivity contribution in [2.45, 2.75) is 6.54 Å². The van der Waals surface area contributed by atoms with Crippen molar-refractivity contribution >= 4 is 17.5 Å². The fraction of sp³-hybridized carbons (Fsp3) is 0.0556. The number of carbonyl (C=O) groups excluding carboxylic acids is 2. The summed E-state index contributed by atoms with van der Waals surface area (Å²) < 4.78 is 44.9. The molecule has 0 unspecified atom stereocenters. The molecule has 0 atom stereocenters. The molecule has 2 heterocycles. The second kappa shape index (κ2) is 7.73. The molecule has 3 rings (SSSR count). The molecule has 2 aromatic heterocycles. The Morgan fingerprint density at radius 1 is 0.926 bits per heavy atom. The van der Waals surface area contributed by atoms with Crippen molar-refractivity contribution in [2.24, 2.45) is 0 Å². The summed E-state index contributed by atoms with van der Waals surface area (Å²) in [5.74, 6) is -5.52. The molecule has 2 amide bonds. The number of anilines is 1. The summed E-state index contributed by atoms with van der Waals surface area (Å²) in [6.45, 7) is 0.129. The second-order valence-corrected chi connectivity index (χ2v) is 5.35. The molecule has 1 aromatic carbocycles. The van der Waals surface area contributed by atoms with E-state index in [2.05, 4.69) is 15.6 Å². The molecule has 9 heteroatoms. The van der Waals surface area contributed by atoms with E-state index in [9.17, 15) is 22.8 Å². The number of nitrogens with zero attached hydrogens (tertiary/aromatic N) is 1. The van der Waals surface area contributed by atoms with Gasteiger partial charge in [-0.25, -0.2) is 18.2 Å². The Balaban J connectivity index is 1.72. The second-order valence-electron chi connectivity index (χ2n) is 5.35. The number of hydrogen-bond acceptors (Lipinski definition) is 4. The maximum atomic E-state index is 13.7. The number of halogens is 3. The molecule has 0 spiro atoms. The van der Waals surface area contributed by atoms with Crippen LogP contribution in [0.25, 0.3) is 0 Å². The van der Waals surface area contributed by atoms with E-state index in [1.54, 1.807) is 12.1 Å².